The summed E-state index contributed by atoms with van der Waals surface area (Å²) in [5.41, 5.74) is 1.07. The second-order valence-electron chi connectivity index (χ2n) is 5.93. The van der Waals surface area contributed by atoms with E-state index in [0.29, 0.717) is 15.7 Å². The molecule has 134 valence electrons. The van der Waals surface area contributed by atoms with E-state index in [1.165, 1.54) is 24.3 Å². The van der Waals surface area contributed by atoms with Gasteiger partial charge in [-0.1, -0.05) is 11.3 Å². The number of hydrogen-bond donors (Lipinski definition) is 2. The Hall–Kier alpha value is -2.85. The van der Waals surface area contributed by atoms with Crippen molar-refractivity contribution in [3.8, 4) is 10.6 Å². The average molecular weight is 371 g/mol. The number of pyridine rings is 1. The minimum absolute atomic E-state index is 0.165. The Labute approximate surface area is 152 Å². The second-order valence-corrected chi connectivity index (χ2v) is 6.89. The molecule has 3 aromatic heterocycles. The Morgan fingerprint density at radius 3 is 2.85 bits per heavy atom. The number of carbonyl (C=O) groups is 1. The van der Waals surface area contributed by atoms with E-state index in [0.717, 1.165) is 37.6 Å². The number of fused-ring (bicyclic) bond motifs is 1. The van der Waals surface area contributed by atoms with Crippen LogP contribution in [0.3, 0.4) is 0 Å². The maximum atomic E-state index is 12.0. The molecule has 3 aromatic rings. The van der Waals surface area contributed by atoms with Gasteiger partial charge in [0.15, 0.2) is 0 Å². The van der Waals surface area contributed by atoms with Gasteiger partial charge in [0.1, 0.15) is 10.8 Å². The highest BCUT2D eigenvalue weighted by Crippen LogP contribution is 2.28. The molecule has 1 fully saturated rings. The summed E-state index contributed by atoms with van der Waals surface area (Å²) in [6.45, 7) is 4.77. The summed E-state index contributed by atoms with van der Waals surface area (Å²) in [6.07, 6.45) is 3.25. The SMILES string of the molecule is CC(=O)Nc1cncc(-c2nn3c(N4CCNCC4)cc(=O)nc3s2)c1. The Morgan fingerprint density at radius 1 is 1.27 bits per heavy atom. The quantitative estimate of drug-likeness (QED) is 0.694. The van der Waals surface area contributed by atoms with Crippen LogP contribution >= 0.6 is 11.3 Å². The molecule has 2 N–H and O–H groups in total. The predicted molar refractivity (Wildman–Crippen MR) is 99.8 cm³/mol. The lowest BCUT2D eigenvalue weighted by Gasteiger charge is -2.28. The number of hydrogen-bond acceptors (Lipinski definition) is 8. The molecule has 0 atom stereocenters. The van der Waals surface area contributed by atoms with E-state index < -0.39 is 0 Å². The third-order valence-electron chi connectivity index (χ3n) is 3.98. The van der Waals surface area contributed by atoms with Gasteiger partial charge >= 0.3 is 0 Å². The van der Waals surface area contributed by atoms with Crippen LogP contribution < -0.4 is 21.1 Å². The number of aromatic nitrogens is 4. The van der Waals surface area contributed by atoms with E-state index in [2.05, 4.69) is 30.6 Å². The van der Waals surface area contributed by atoms with Gasteiger partial charge in [-0.2, -0.15) is 14.6 Å². The average Bonchev–Trinajstić information content (AvgIpc) is 3.05. The van der Waals surface area contributed by atoms with Gasteiger partial charge in [0.05, 0.1) is 11.9 Å². The molecular weight excluding hydrogens is 354 g/mol. The van der Waals surface area contributed by atoms with E-state index in [4.69, 9.17) is 0 Å². The number of carbonyl (C=O) groups excluding carboxylic acids is 1. The fraction of sp³-hybridized carbons (Fsp3) is 0.312. The molecule has 4 heterocycles. The van der Waals surface area contributed by atoms with Crippen LogP contribution in [0, 0.1) is 0 Å². The minimum atomic E-state index is -0.279. The lowest BCUT2D eigenvalue weighted by atomic mass is 10.3. The van der Waals surface area contributed by atoms with Crippen molar-refractivity contribution in [1.29, 1.82) is 0 Å². The highest BCUT2D eigenvalue weighted by molar-refractivity contribution is 7.19. The summed E-state index contributed by atoms with van der Waals surface area (Å²) in [5.74, 6) is 0.580. The number of anilines is 2. The van der Waals surface area contributed by atoms with Crippen molar-refractivity contribution in [3.05, 3.63) is 34.9 Å². The van der Waals surface area contributed by atoms with Crippen molar-refractivity contribution in [1.82, 2.24) is 24.9 Å². The molecule has 0 unspecified atom stereocenters. The molecule has 0 aliphatic carbocycles. The molecule has 1 amide bonds. The van der Waals surface area contributed by atoms with Gasteiger partial charge in [-0.25, -0.2) is 0 Å². The summed E-state index contributed by atoms with van der Waals surface area (Å²) in [5, 5.41) is 11.3. The first-order valence-electron chi connectivity index (χ1n) is 8.20. The van der Waals surface area contributed by atoms with Crippen molar-refractivity contribution < 1.29 is 4.79 Å². The van der Waals surface area contributed by atoms with E-state index in [1.807, 2.05) is 0 Å². The Kier molecular flexibility index (Phi) is 4.35. The van der Waals surface area contributed by atoms with Gasteiger partial charge in [-0.15, -0.1) is 0 Å². The summed E-state index contributed by atoms with van der Waals surface area (Å²) in [6, 6.07) is 3.32. The lowest BCUT2D eigenvalue weighted by molar-refractivity contribution is -0.114. The Bertz CT molecular complexity index is 1020. The zero-order valence-electron chi connectivity index (χ0n) is 14.1. The highest BCUT2D eigenvalue weighted by Gasteiger charge is 2.18. The summed E-state index contributed by atoms with van der Waals surface area (Å²) < 4.78 is 1.71. The molecule has 1 aliphatic heterocycles. The van der Waals surface area contributed by atoms with Crippen molar-refractivity contribution in [2.24, 2.45) is 0 Å². The summed E-state index contributed by atoms with van der Waals surface area (Å²) in [7, 11) is 0. The van der Waals surface area contributed by atoms with Crippen molar-refractivity contribution in [3.63, 3.8) is 0 Å². The first-order chi connectivity index (χ1) is 12.6. The topological polar surface area (TPSA) is 105 Å². The van der Waals surface area contributed by atoms with Gasteiger partial charge in [0.2, 0.25) is 10.9 Å². The number of rotatable bonds is 3. The van der Waals surface area contributed by atoms with Crippen LogP contribution in [-0.2, 0) is 4.79 Å². The van der Waals surface area contributed by atoms with E-state index >= 15 is 0 Å². The molecule has 1 aliphatic rings. The van der Waals surface area contributed by atoms with Crippen molar-refractivity contribution in [2.75, 3.05) is 36.4 Å². The molecule has 0 bridgehead atoms. The zero-order valence-corrected chi connectivity index (χ0v) is 14.9. The van der Waals surface area contributed by atoms with Gasteiger partial charge in [-0.3, -0.25) is 14.6 Å². The van der Waals surface area contributed by atoms with Crippen LogP contribution in [0.15, 0.2) is 29.3 Å². The molecule has 0 radical (unpaired) electrons. The normalized spacial score (nSPS) is 14.6. The van der Waals surface area contributed by atoms with Gasteiger partial charge in [0.25, 0.3) is 5.56 Å². The number of piperazine rings is 1. The van der Waals surface area contributed by atoms with E-state index in [9.17, 15) is 9.59 Å². The van der Waals surface area contributed by atoms with Gasteiger partial charge in [0, 0.05) is 50.9 Å². The second kappa shape index (κ2) is 6.81. The predicted octanol–water partition coefficient (Wildman–Crippen LogP) is 0.581. The van der Waals surface area contributed by atoms with Crippen LogP contribution in [0.4, 0.5) is 11.5 Å². The molecule has 26 heavy (non-hydrogen) atoms. The Morgan fingerprint density at radius 2 is 2.08 bits per heavy atom. The Balaban J connectivity index is 1.78. The number of nitrogens with one attached hydrogen (secondary N) is 2. The number of amides is 1. The van der Waals surface area contributed by atoms with Crippen molar-refractivity contribution in [2.45, 2.75) is 6.92 Å². The first kappa shape index (κ1) is 16.6. The largest absolute Gasteiger partial charge is 0.354 e. The molecule has 10 heteroatoms. The number of nitrogens with zero attached hydrogens (tertiary/aromatic N) is 5. The van der Waals surface area contributed by atoms with Crippen LogP contribution in [0.1, 0.15) is 6.92 Å². The van der Waals surface area contributed by atoms with Crippen LogP contribution in [0.2, 0.25) is 0 Å². The third-order valence-corrected chi connectivity index (χ3v) is 4.94. The van der Waals surface area contributed by atoms with E-state index in [-0.39, 0.29) is 11.5 Å². The monoisotopic (exact) mass is 371 g/mol. The maximum Gasteiger partial charge on any atom is 0.276 e. The standard InChI is InChI=1S/C16H17N7O2S/c1-10(24)19-12-6-11(8-18-9-12)15-21-23-14(22-4-2-17-3-5-22)7-13(25)20-16(23)26-15/h6-9,17H,2-5H2,1H3,(H,19,24). The van der Waals surface area contributed by atoms with E-state index in [1.54, 1.807) is 23.0 Å². The summed E-state index contributed by atoms with van der Waals surface area (Å²) in [4.78, 5) is 34.2. The zero-order chi connectivity index (χ0) is 18.1. The fourth-order valence-corrected chi connectivity index (χ4v) is 3.75. The van der Waals surface area contributed by atoms with Crippen molar-refractivity contribution >= 4 is 33.7 Å². The lowest BCUT2D eigenvalue weighted by Crippen LogP contribution is -2.44. The van der Waals surface area contributed by atoms with Crippen LogP contribution in [0.5, 0.6) is 0 Å². The highest BCUT2D eigenvalue weighted by atomic mass is 32.1. The molecular formula is C16H17N7O2S. The molecule has 0 aromatic carbocycles. The smallest absolute Gasteiger partial charge is 0.276 e. The molecule has 4 rings (SSSR count). The summed E-state index contributed by atoms with van der Waals surface area (Å²) >= 11 is 1.32. The maximum absolute atomic E-state index is 12.0. The third kappa shape index (κ3) is 3.28. The van der Waals surface area contributed by atoms with Crippen LogP contribution in [-0.4, -0.2) is 51.7 Å². The molecule has 0 saturated carbocycles. The molecule has 1 saturated heterocycles. The molecule has 9 nitrogen and oxygen atoms in total. The fourth-order valence-electron chi connectivity index (χ4n) is 2.87. The first-order valence-corrected chi connectivity index (χ1v) is 9.01. The minimum Gasteiger partial charge on any atom is -0.354 e. The molecule has 0 spiro atoms. The van der Waals surface area contributed by atoms with Gasteiger partial charge in [-0.05, 0) is 6.07 Å². The van der Waals surface area contributed by atoms with Gasteiger partial charge < -0.3 is 15.5 Å². The van der Waals surface area contributed by atoms with Crippen LogP contribution in [0.25, 0.3) is 15.5 Å².